The second kappa shape index (κ2) is 11.8. The predicted octanol–water partition coefficient (Wildman–Crippen LogP) is 5.04. The number of carbonyl (C=O) groups excluding carboxylic acids is 1. The van der Waals surface area contributed by atoms with Gasteiger partial charge < -0.3 is 24.4 Å². The summed E-state index contributed by atoms with van der Waals surface area (Å²) in [5.74, 6) is 0.167. The lowest BCUT2D eigenvalue weighted by Gasteiger charge is -2.35. The molecule has 0 bridgehead atoms. The predicted molar refractivity (Wildman–Crippen MR) is 158 cm³/mol. The third-order valence-corrected chi connectivity index (χ3v) is 8.11. The van der Waals surface area contributed by atoms with Gasteiger partial charge in [-0.2, -0.15) is 0 Å². The van der Waals surface area contributed by atoms with Crippen molar-refractivity contribution in [3.8, 4) is 16.9 Å². The number of rotatable bonds is 6. The molecule has 0 fully saturated rings. The number of aliphatic hydroxyl groups excluding tert-OH is 1. The molecule has 2 N–H and O–H groups in total. The van der Waals surface area contributed by atoms with E-state index in [9.17, 15) is 15.0 Å². The summed E-state index contributed by atoms with van der Waals surface area (Å²) < 4.78 is 8.68. The lowest BCUT2D eigenvalue weighted by Crippen LogP contribution is -2.47. The van der Waals surface area contributed by atoms with Gasteiger partial charge in [0.1, 0.15) is 11.4 Å². The van der Waals surface area contributed by atoms with Gasteiger partial charge in [0.15, 0.2) is 0 Å². The SMILES string of the molecule is C[C@H](CO)N1C[C@H](C)[C@@H](CN(C)Cc2ccc(O)cc2)OCc2ccccc2-c2c(n(C)c3ccccc23)C1=O. The topological polar surface area (TPSA) is 78.2 Å². The Hall–Kier alpha value is -3.65. The molecule has 5 rings (SSSR count). The molecule has 3 atom stereocenters. The van der Waals surface area contributed by atoms with Crippen LogP contribution in [0.5, 0.6) is 5.75 Å². The minimum atomic E-state index is -0.354. The van der Waals surface area contributed by atoms with Gasteiger partial charge >= 0.3 is 0 Å². The molecule has 0 unspecified atom stereocenters. The number of nitrogens with zero attached hydrogens (tertiary/aromatic N) is 3. The van der Waals surface area contributed by atoms with Crippen LogP contribution in [0.2, 0.25) is 0 Å². The first-order valence-corrected chi connectivity index (χ1v) is 13.9. The second-order valence-corrected chi connectivity index (χ2v) is 11.1. The molecular formula is C33H39N3O4. The van der Waals surface area contributed by atoms with E-state index in [4.69, 9.17) is 4.74 Å². The number of aromatic nitrogens is 1. The molecule has 0 spiro atoms. The highest BCUT2D eigenvalue weighted by Gasteiger charge is 2.33. The van der Waals surface area contributed by atoms with Crippen LogP contribution in [-0.2, 0) is 24.9 Å². The smallest absolute Gasteiger partial charge is 0.271 e. The number of likely N-dealkylation sites (N-methyl/N-ethyl adjacent to an activating group) is 1. The fourth-order valence-electron chi connectivity index (χ4n) is 5.81. The Morgan fingerprint density at radius 2 is 1.75 bits per heavy atom. The summed E-state index contributed by atoms with van der Waals surface area (Å²) in [4.78, 5) is 18.5. The fraction of sp³-hybridized carbons (Fsp3) is 0.364. The number of aryl methyl sites for hydroxylation is 1. The zero-order chi connectivity index (χ0) is 28.4. The Morgan fingerprint density at radius 3 is 2.50 bits per heavy atom. The molecule has 0 radical (unpaired) electrons. The van der Waals surface area contributed by atoms with Gasteiger partial charge in [0.25, 0.3) is 5.91 Å². The highest BCUT2D eigenvalue weighted by molar-refractivity contribution is 6.10. The molecule has 1 amide bonds. The van der Waals surface area contributed by atoms with Crippen LogP contribution in [0.1, 0.15) is 35.5 Å². The van der Waals surface area contributed by atoms with Crippen LogP contribution in [0.25, 0.3) is 22.0 Å². The van der Waals surface area contributed by atoms with Gasteiger partial charge in [-0.05, 0) is 48.9 Å². The number of phenolic OH excluding ortho intramolecular Hbond substituents is 1. The molecule has 0 aliphatic carbocycles. The van der Waals surface area contributed by atoms with E-state index in [-0.39, 0.29) is 36.3 Å². The molecule has 0 saturated carbocycles. The largest absolute Gasteiger partial charge is 0.508 e. The highest BCUT2D eigenvalue weighted by atomic mass is 16.5. The van der Waals surface area contributed by atoms with E-state index in [1.165, 1.54) is 0 Å². The summed E-state index contributed by atoms with van der Waals surface area (Å²) in [5, 5.41) is 20.9. The van der Waals surface area contributed by atoms with Gasteiger partial charge in [-0.3, -0.25) is 9.69 Å². The standard InChI is InChI=1S/C33H39N3O4/c1-22-17-36(23(2)20-37)33(39)32-31(28-11-7-8-12-29(28)35(32)4)27-10-6-5-9-25(27)21-40-30(22)19-34(3)18-24-13-15-26(38)16-14-24/h5-16,22-23,30,37-38H,17-21H2,1-4H3/t22-,23+,30+/m0/s1. The first kappa shape index (κ1) is 27.9. The third-order valence-electron chi connectivity index (χ3n) is 8.11. The minimum absolute atomic E-state index is 0.00335. The number of carbonyl (C=O) groups is 1. The highest BCUT2D eigenvalue weighted by Crippen LogP contribution is 2.38. The second-order valence-electron chi connectivity index (χ2n) is 11.1. The maximum absolute atomic E-state index is 14.4. The average molecular weight is 542 g/mol. The molecule has 0 saturated heterocycles. The number of ether oxygens (including phenoxy) is 1. The van der Waals surface area contributed by atoms with Crippen LogP contribution in [0.15, 0.2) is 72.8 Å². The number of fused-ring (bicyclic) bond motifs is 5. The Kier molecular flexibility index (Phi) is 8.26. The van der Waals surface area contributed by atoms with Gasteiger partial charge in [0.05, 0.1) is 25.4 Å². The summed E-state index contributed by atoms with van der Waals surface area (Å²) in [5.41, 5.74) is 5.66. The molecule has 4 aromatic rings. The van der Waals surface area contributed by atoms with E-state index in [1.807, 2.05) is 65.9 Å². The van der Waals surface area contributed by atoms with E-state index in [1.54, 1.807) is 12.1 Å². The Morgan fingerprint density at radius 1 is 1.05 bits per heavy atom. The van der Waals surface area contributed by atoms with Gasteiger partial charge in [0.2, 0.25) is 0 Å². The molecule has 7 heteroatoms. The average Bonchev–Trinajstić information content (AvgIpc) is 3.25. The van der Waals surface area contributed by atoms with Crippen molar-refractivity contribution in [2.75, 3.05) is 26.7 Å². The molecule has 1 aromatic heterocycles. The maximum atomic E-state index is 14.4. The van der Waals surface area contributed by atoms with E-state index in [0.717, 1.165) is 33.2 Å². The van der Waals surface area contributed by atoms with Gasteiger partial charge in [0, 0.05) is 49.1 Å². The zero-order valence-corrected chi connectivity index (χ0v) is 23.7. The molecule has 210 valence electrons. The summed E-state index contributed by atoms with van der Waals surface area (Å²) >= 11 is 0. The van der Waals surface area contributed by atoms with Crippen molar-refractivity contribution in [2.24, 2.45) is 13.0 Å². The Bertz CT molecular complexity index is 1480. The van der Waals surface area contributed by atoms with Crippen LogP contribution < -0.4 is 0 Å². The molecule has 1 aliphatic rings. The number of amides is 1. The van der Waals surface area contributed by atoms with Gasteiger partial charge in [-0.15, -0.1) is 0 Å². The van der Waals surface area contributed by atoms with E-state index < -0.39 is 0 Å². The van der Waals surface area contributed by atoms with Crippen molar-refractivity contribution in [2.45, 2.75) is 39.1 Å². The first-order chi connectivity index (χ1) is 19.3. The monoisotopic (exact) mass is 541 g/mol. The van der Waals surface area contributed by atoms with E-state index >= 15 is 0 Å². The summed E-state index contributed by atoms with van der Waals surface area (Å²) in [6.07, 6.45) is -0.158. The van der Waals surface area contributed by atoms with Crippen molar-refractivity contribution in [3.05, 3.63) is 89.6 Å². The van der Waals surface area contributed by atoms with Crippen LogP contribution in [0, 0.1) is 5.92 Å². The van der Waals surface area contributed by atoms with Crippen molar-refractivity contribution < 1.29 is 19.7 Å². The number of para-hydroxylation sites is 1. The van der Waals surface area contributed by atoms with Crippen molar-refractivity contribution in [3.63, 3.8) is 0 Å². The van der Waals surface area contributed by atoms with Crippen molar-refractivity contribution >= 4 is 16.8 Å². The number of phenols is 1. The zero-order valence-electron chi connectivity index (χ0n) is 23.7. The minimum Gasteiger partial charge on any atom is -0.508 e. The van der Waals surface area contributed by atoms with Crippen LogP contribution >= 0.6 is 0 Å². The van der Waals surface area contributed by atoms with E-state index in [0.29, 0.717) is 31.9 Å². The molecule has 7 nitrogen and oxygen atoms in total. The van der Waals surface area contributed by atoms with Gasteiger partial charge in [-0.1, -0.05) is 61.5 Å². The molecular weight excluding hydrogens is 502 g/mol. The van der Waals surface area contributed by atoms with Crippen molar-refractivity contribution in [1.29, 1.82) is 0 Å². The van der Waals surface area contributed by atoms with Crippen LogP contribution in [0.4, 0.5) is 0 Å². The summed E-state index contributed by atoms with van der Waals surface area (Å²) in [6.45, 7) is 6.13. The van der Waals surface area contributed by atoms with E-state index in [2.05, 4.69) is 37.1 Å². The Balaban J connectivity index is 1.56. The van der Waals surface area contributed by atoms with Gasteiger partial charge in [-0.25, -0.2) is 0 Å². The molecule has 2 heterocycles. The lowest BCUT2D eigenvalue weighted by atomic mass is 9.96. The summed E-state index contributed by atoms with van der Waals surface area (Å²) in [7, 11) is 4.01. The number of aromatic hydroxyl groups is 1. The van der Waals surface area contributed by atoms with Crippen molar-refractivity contribution in [1.82, 2.24) is 14.4 Å². The maximum Gasteiger partial charge on any atom is 0.271 e. The van der Waals surface area contributed by atoms with Crippen LogP contribution in [-0.4, -0.2) is 69.4 Å². The third kappa shape index (κ3) is 5.50. The Labute approximate surface area is 236 Å². The molecule has 40 heavy (non-hydrogen) atoms. The lowest BCUT2D eigenvalue weighted by molar-refractivity contribution is -0.0242. The number of benzene rings is 3. The number of hydrogen-bond acceptors (Lipinski definition) is 5. The number of hydrogen-bond donors (Lipinski definition) is 2. The first-order valence-electron chi connectivity index (χ1n) is 13.9. The molecule has 1 aliphatic heterocycles. The fourth-order valence-corrected chi connectivity index (χ4v) is 5.81. The molecule has 3 aromatic carbocycles. The quantitative estimate of drug-likeness (QED) is 0.358. The van der Waals surface area contributed by atoms with Crippen LogP contribution in [0.3, 0.4) is 0 Å². The number of aliphatic hydroxyl groups is 1. The summed E-state index contributed by atoms with van der Waals surface area (Å²) in [6, 6.07) is 23.2. The normalized spacial score (nSPS) is 18.9.